The van der Waals surface area contributed by atoms with Crippen LogP contribution < -0.4 is 10.6 Å². The molecule has 1 amide bonds. The third-order valence-corrected chi connectivity index (χ3v) is 5.55. The maximum atomic E-state index is 12.7. The molecule has 1 fully saturated rings. The molecule has 1 aliphatic carbocycles. The van der Waals surface area contributed by atoms with Crippen molar-refractivity contribution in [1.29, 1.82) is 0 Å². The molecule has 2 aromatic heterocycles. The first-order chi connectivity index (χ1) is 14.6. The van der Waals surface area contributed by atoms with E-state index in [-0.39, 0.29) is 11.9 Å². The minimum absolute atomic E-state index is 0.146. The Labute approximate surface area is 176 Å². The van der Waals surface area contributed by atoms with E-state index in [0.29, 0.717) is 12.1 Å². The number of hydrogen-bond donors (Lipinski definition) is 3. The van der Waals surface area contributed by atoms with Crippen LogP contribution in [-0.2, 0) is 6.54 Å². The van der Waals surface area contributed by atoms with Crippen LogP contribution in [-0.4, -0.2) is 37.9 Å². The summed E-state index contributed by atoms with van der Waals surface area (Å²) in [6.07, 6.45) is 8.64. The van der Waals surface area contributed by atoms with Crippen LogP contribution in [0.5, 0.6) is 0 Å². The Morgan fingerprint density at radius 2 is 2.10 bits per heavy atom. The van der Waals surface area contributed by atoms with Crippen LogP contribution >= 0.6 is 0 Å². The average molecular weight is 406 g/mol. The molecule has 0 radical (unpaired) electrons. The number of benzene rings is 1. The molecule has 0 spiro atoms. The van der Waals surface area contributed by atoms with Gasteiger partial charge in [0.05, 0.1) is 18.3 Å². The first-order valence-corrected chi connectivity index (χ1v) is 10.4. The number of carbonyl (C=O) groups excluding carboxylic acids is 1. The summed E-state index contributed by atoms with van der Waals surface area (Å²) in [5.74, 6) is 0.621. The summed E-state index contributed by atoms with van der Waals surface area (Å²) in [5.41, 5.74) is 3.56. The highest BCUT2D eigenvalue weighted by Gasteiger charge is 2.25. The number of aliphatic hydroxyl groups is 1. The Morgan fingerprint density at radius 1 is 1.23 bits per heavy atom. The Balaban J connectivity index is 1.41. The van der Waals surface area contributed by atoms with Gasteiger partial charge >= 0.3 is 0 Å². The highest BCUT2D eigenvalue weighted by molar-refractivity contribution is 5.95. The predicted molar refractivity (Wildman–Crippen MR) is 116 cm³/mol. The molecule has 30 heavy (non-hydrogen) atoms. The van der Waals surface area contributed by atoms with Gasteiger partial charge in [-0.1, -0.05) is 25.0 Å². The third-order valence-electron chi connectivity index (χ3n) is 5.55. The molecular weight excluding hydrogens is 378 g/mol. The summed E-state index contributed by atoms with van der Waals surface area (Å²) in [6, 6.07) is 11.2. The number of pyridine rings is 1. The van der Waals surface area contributed by atoms with Crippen molar-refractivity contribution in [3.8, 4) is 5.82 Å². The zero-order chi connectivity index (χ0) is 20.9. The van der Waals surface area contributed by atoms with E-state index in [2.05, 4.69) is 20.7 Å². The fourth-order valence-corrected chi connectivity index (χ4v) is 3.75. The van der Waals surface area contributed by atoms with Gasteiger partial charge in [0.1, 0.15) is 0 Å². The van der Waals surface area contributed by atoms with Gasteiger partial charge in [-0.05, 0) is 49.6 Å². The topological polar surface area (TPSA) is 92.1 Å². The summed E-state index contributed by atoms with van der Waals surface area (Å²) in [6.45, 7) is 2.59. The quantitative estimate of drug-likeness (QED) is 0.586. The van der Waals surface area contributed by atoms with Crippen molar-refractivity contribution in [3.63, 3.8) is 0 Å². The number of anilines is 1. The number of aromatic nitrogens is 3. The molecule has 1 saturated carbocycles. The largest absolute Gasteiger partial charge is 0.391 e. The number of rotatable bonds is 6. The maximum Gasteiger partial charge on any atom is 0.251 e. The molecule has 0 saturated heterocycles. The number of nitrogens with zero attached hydrogens (tertiary/aromatic N) is 3. The third kappa shape index (κ3) is 4.68. The Hall–Kier alpha value is -3.19. The van der Waals surface area contributed by atoms with Crippen molar-refractivity contribution in [2.24, 2.45) is 0 Å². The molecule has 1 aromatic carbocycles. The standard InChI is InChI=1S/C23H27N5O2/c1-16-9-10-18(23(30)27-19-6-2-3-7-21(19)29)12-20(16)25-13-17-14-26-28(15-17)22-8-4-5-11-24-22/h4-5,8-12,14-15,19,21,25,29H,2-3,6-7,13H2,1H3,(H,27,30)/t19-,21-/m0/s1. The first-order valence-electron chi connectivity index (χ1n) is 10.4. The van der Waals surface area contributed by atoms with Gasteiger partial charge in [-0.25, -0.2) is 9.67 Å². The SMILES string of the molecule is Cc1ccc(C(=O)N[C@H]2CCCC[C@@H]2O)cc1NCc1cnn(-c2ccccn2)c1. The van der Waals surface area contributed by atoms with E-state index < -0.39 is 6.10 Å². The van der Waals surface area contributed by atoms with Crippen LogP contribution in [0.4, 0.5) is 5.69 Å². The second kappa shape index (κ2) is 9.09. The number of carbonyl (C=O) groups is 1. The van der Waals surface area contributed by atoms with Gasteiger partial charge in [-0.2, -0.15) is 5.10 Å². The van der Waals surface area contributed by atoms with Crippen molar-refractivity contribution < 1.29 is 9.90 Å². The van der Waals surface area contributed by atoms with Crippen molar-refractivity contribution in [2.75, 3.05) is 5.32 Å². The van der Waals surface area contributed by atoms with Crippen LogP contribution in [0.2, 0.25) is 0 Å². The zero-order valence-corrected chi connectivity index (χ0v) is 17.1. The van der Waals surface area contributed by atoms with Gasteiger partial charge in [-0.3, -0.25) is 4.79 Å². The highest BCUT2D eigenvalue weighted by Crippen LogP contribution is 2.21. The first kappa shape index (κ1) is 20.1. The molecule has 1 aliphatic rings. The summed E-state index contributed by atoms with van der Waals surface area (Å²) >= 11 is 0. The van der Waals surface area contributed by atoms with Gasteiger partial charge in [0, 0.05) is 35.8 Å². The molecular formula is C23H27N5O2. The van der Waals surface area contributed by atoms with Gasteiger partial charge in [0.15, 0.2) is 5.82 Å². The van der Waals surface area contributed by atoms with Crippen LogP contribution in [0.25, 0.3) is 5.82 Å². The lowest BCUT2D eigenvalue weighted by Crippen LogP contribution is -2.45. The molecule has 7 nitrogen and oxygen atoms in total. The molecule has 3 aromatic rings. The van der Waals surface area contributed by atoms with Crippen LogP contribution in [0.3, 0.4) is 0 Å². The smallest absolute Gasteiger partial charge is 0.251 e. The van der Waals surface area contributed by atoms with E-state index in [0.717, 1.165) is 48.3 Å². The van der Waals surface area contributed by atoms with E-state index in [1.54, 1.807) is 17.1 Å². The van der Waals surface area contributed by atoms with Crippen molar-refractivity contribution in [1.82, 2.24) is 20.1 Å². The summed E-state index contributed by atoms with van der Waals surface area (Å²) in [7, 11) is 0. The Morgan fingerprint density at radius 3 is 2.90 bits per heavy atom. The minimum Gasteiger partial charge on any atom is -0.391 e. The Bertz CT molecular complexity index is 1000. The molecule has 0 unspecified atom stereocenters. The number of aryl methyl sites for hydroxylation is 1. The molecule has 7 heteroatoms. The van der Waals surface area contributed by atoms with Crippen molar-refractivity contribution >= 4 is 11.6 Å². The van der Waals surface area contributed by atoms with E-state index in [1.165, 1.54) is 0 Å². The molecule has 4 rings (SSSR count). The maximum absolute atomic E-state index is 12.7. The summed E-state index contributed by atoms with van der Waals surface area (Å²) in [5, 5.41) is 20.9. The van der Waals surface area contributed by atoms with Gasteiger partial charge in [0.2, 0.25) is 0 Å². The molecule has 0 bridgehead atoms. The monoisotopic (exact) mass is 405 g/mol. The second-order valence-corrected chi connectivity index (χ2v) is 7.80. The van der Waals surface area contributed by atoms with E-state index in [9.17, 15) is 9.90 Å². The number of nitrogens with one attached hydrogen (secondary N) is 2. The lowest BCUT2D eigenvalue weighted by Gasteiger charge is -2.28. The van der Waals surface area contributed by atoms with E-state index >= 15 is 0 Å². The van der Waals surface area contributed by atoms with E-state index in [1.807, 2.05) is 49.5 Å². The predicted octanol–water partition coefficient (Wildman–Crippen LogP) is 3.22. The van der Waals surface area contributed by atoms with Gasteiger partial charge < -0.3 is 15.7 Å². The number of amides is 1. The fourth-order valence-electron chi connectivity index (χ4n) is 3.75. The molecule has 3 N–H and O–H groups in total. The van der Waals surface area contributed by atoms with Gasteiger partial charge in [-0.15, -0.1) is 0 Å². The van der Waals surface area contributed by atoms with Crippen LogP contribution in [0, 0.1) is 6.92 Å². The van der Waals surface area contributed by atoms with E-state index in [4.69, 9.17) is 0 Å². The zero-order valence-electron chi connectivity index (χ0n) is 17.1. The highest BCUT2D eigenvalue weighted by atomic mass is 16.3. The molecule has 156 valence electrons. The lowest BCUT2D eigenvalue weighted by atomic mass is 9.92. The molecule has 2 heterocycles. The van der Waals surface area contributed by atoms with Crippen LogP contribution in [0.1, 0.15) is 47.2 Å². The normalized spacial score (nSPS) is 18.7. The minimum atomic E-state index is -0.457. The van der Waals surface area contributed by atoms with Crippen molar-refractivity contribution in [2.45, 2.75) is 51.3 Å². The second-order valence-electron chi connectivity index (χ2n) is 7.80. The molecule has 2 atom stereocenters. The Kier molecular flexibility index (Phi) is 6.09. The number of hydrogen-bond acceptors (Lipinski definition) is 5. The average Bonchev–Trinajstić information content (AvgIpc) is 3.24. The number of aliphatic hydroxyl groups excluding tert-OH is 1. The fraction of sp³-hybridized carbons (Fsp3) is 0.348. The van der Waals surface area contributed by atoms with Gasteiger partial charge in [0.25, 0.3) is 5.91 Å². The summed E-state index contributed by atoms with van der Waals surface area (Å²) < 4.78 is 1.74. The van der Waals surface area contributed by atoms with Crippen LogP contribution in [0.15, 0.2) is 55.0 Å². The molecule has 0 aliphatic heterocycles. The summed E-state index contributed by atoms with van der Waals surface area (Å²) in [4.78, 5) is 17.0. The lowest BCUT2D eigenvalue weighted by molar-refractivity contribution is 0.0717. The van der Waals surface area contributed by atoms with Crippen molar-refractivity contribution in [3.05, 3.63) is 71.7 Å².